The molecular formula is C28H36FNO4. The molecule has 2 aromatic carbocycles. The quantitative estimate of drug-likeness (QED) is 0.376. The highest BCUT2D eigenvalue weighted by atomic mass is 19.1. The smallest absolute Gasteiger partial charge is 0.330 e. The second-order valence-corrected chi connectivity index (χ2v) is 8.92. The van der Waals surface area contributed by atoms with Crippen molar-refractivity contribution in [1.82, 2.24) is 4.90 Å². The number of carbonyl (C=O) groups is 1. The van der Waals surface area contributed by atoms with Gasteiger partial charge in [0.2, 0.25) is 0 Å². The van der Waals surface area contributed by atoms with E-state index in [0.29, 0.717) is 24.8 Å². The Hall–Kier alpha value is -2.54. The summed E-state index contributed by atoms with van der Waals surface area (Å²) in [5, 5.41) is 10.7. The lowest BCUT2D eigenvalue weighted by molar-refractivity contribution is -0.137. The number of ether oxygens (including phenoxy) is 2. The predicted molar refractivity (Wildman–Crippen MR) is 132 cm³/mol. The lowest BCUT2D eigenvalue weighted by Gasteiger charge is -2.27. The minimum Gasteiger partial charge on any atom is -0.463 e. The van der Waals surface area contributed by atoms with Gasteiger partial charge >= 0.3 is 5.97 Å². The summed E-state index contributed by atoms with van der Waals surface area (Å²) in [6.07, 6.45) is 5.16. The number of aryl methyl sites for hydroxylation is 1. The van der Waals surface area contributed by atoms with Gasteiger partial charge in [-0.15, -0.1) is 0 Å². The number of esters is 1. The van der Waals surface area contributed by atoms with Crippen LogP contribution in [0.4, 0.5) is 4.39 Å². The number of aliphatic hydroxyl groups is 1. The van der Waals surface area contributed by atoms with Crippen LogP contribution in [0.1, 0.15) is 55.0 Å². The molecule has 184 valence electrons. The fraction of sp³-hybridized carbons (Fsp3) is 0.464. The molecular weight excluding hydrogens is 433 g/mol. The van der Waals surface area contributed by atoms with E-state index in [4.69, 9.17) is 9.47 Å². The monoisotopic (exact) mass is 469 g/mol. The molecule has 1 heterocycles. The van der Waals surface area contributed by atoms with Gasteiger partial charge in [0, 0.05) is 18.7 Å². The molecule has 0 spiro atoms. The maximum Gasteiger partial charge on any atom is 0.330 e. The third-order valence-corrected chi connectivity index (χ3v) is 6.31. The summed E-state index contributed by atoms with van der Waals surface area (Å²) in [6.45, 7) is 7.47. The fourth-order valence-electron chi connectivity index (χ4n) is 4.45. The summed E-state index contributed by atoms with van der Waals surface area (Å²) in [6, 6.07) is 13.4. The van der Waals surface area contributed by atoms with E-state index in [-0.39, 0.29) is 24.5 Å². The Morgan fingerprint density at radius 1 is 1.29 bits per heavy atom. The third-order valence-electron chi connectivity index (χ3n) is 6.31. The van der Waals surface area contributed by atoms with Crippen LogP contribution in [0.2, 0.25) is 0 Å². The van der Waals surface area contributed by atoms with Crippen molar-refractivity contribution in [2.75, 3.05) is 26.3 Å². The van der Waals surface area contributed by atoms with Gasteiger partial charge < -0.3 is 14.6 Å². The Bertz CT molecular complexity index is 977. The number of carbonyl (C=O) groups excluding carboxylic acids is 1. The van der Waals surface area contributed by atoms with Crippen LogP contribution >= 0.6 is 0 Å². The number of aliphatic hydroxyl groups excluding tert-OH is 1. The van der Waals surface area contributed by atoms with Crippen LogP contribution in [0.15, 0.2) is 48.5 Å². The highest BCUT2D eigenvalue weighted by Crippen LogP contribution is 2.25. The first-order chi connectivity index (χ1) is 16.4. The van der Waals surface area contributed by atoms with Crippen molar-refractivity contribution in [2.45, 2.75) is 58.3 Å². The lowest BCUT2D eigenvalue weighted by Crippen LogP contribution is -2.39. The molecule has 1 aliphatic heterocycles. The second-order valence-electron chi connectivity index (χ2n) is 8.92. The van der Waals surface area contributed by atoms with E-state index in [1.54, 1.807) is 26.0 Å². The number of halogens is 1. The second kappa shape index (κ2) is 12.8. The molecule has 2 aromatic rings. The molecule has 0 aliphatic carbocycles. The maximum absolute atomic E-state index is 13.9. The summed E-state index contributed by atoms with van der Waals surface area (Å²) in [5.74, 6) is -0.545. The maximum atomic E-state index is 13.9. The van der Waals surface area contributed by atoms with Crippen molar-refractivity contribution in [3.8, 4) is 0 Å². The van der Waals surface area contributed by atoms with E-state index in [2.05, 4.69) is 4.90 Å². The summed E-state index contributed by atoms with van der Waals surface area (Å²) < 4.78 is 24.9. The van der Waals surface area contributed by atoms with E-state index >= 15 is 0 Å². The molecule has 0 amide bonds. The van der Waals surface area contributed by atoms with Crippen LogP contribution in [0.5, 0.6) is 0 Å². The number of likely N-dealkylation sites (tertiary alicyclic amines) is 1. The minimum absolute atomic E-state index is 0.165. The van der Waals surface area contributed by atoms with Crippen LogP contribution in [0.25, 0.3) is 6.08 Å². The standard InChI is InChI=1S/C28H36FNO4/c1-4-33-28(32)14-13-23-8-5-6-10-26(23)21(3)34-19-25(31)18-30-15-7-9-24(30)16-22-12-11-20(2)27(29)17-22/h5-6,8,10-14,17,21,24-25,31H,4,7,9,15-16,18-19H2,1-3H3/b14-13+/t21-,24-,25+/m0/s1. The van der Waals surface area contributed by atoms with Gasteiger partial charge in [-0.05, 0) is 81.0 Å². The van der Waals surface area contributed by atoms with E-state index in [0.717, 1.165) is 42.5 Å². The lowest BCUT2D eigenvalue weighted by atomic mass is 10.0. The first-order valence-corrected chi connectivity index (χ1v) is 12.1. The Balaban J connectivity index is 1.53. The first kappa shape index (κ1) is 26.1. The van der Waals surface area contributed by atoms with Gasteiger partial charge in [-0.2, -0.15) is 0 Å². The van der Waals surface area contributed by atoms with Gasteiger partial charge in [-0.3, -0.25) is 4.90 Å². The van der Waals surface area contributed by atoms with E-state index < -0.39 is 6.10 Å². The van der Waals surface area contributed by atoms with E-state index in [9.17, 15) is 14.3 Å². The SMILES string of the molecule is CCOC(=O)/C=C/c1ccccc1[C@H](C)OC[C@H](O)CN1CCC[C@H]1Cc1ccc(C)c(F)c1. The zero-order valence-electron chi connectivity index (χ0n) is 20.4. The molecule has 5 nitrogen and oxygen atoms in total. The number of hydrogen-bond donors (Lipinski definition) is 1. The number of β-amino-alcohol motifs (C(OH)–C–C–N with tert-alkyl or cyclic N) is 1. The van der Waals surface area contributed by atoms with Crippen LogP contribution in [0.3, 0.4) is 0 Å². The van der Waals surface area contributed by atoms with Crippen LogP contribution in [0, 0.1) is 12.7 Å². The number of hydrogen-bond acceptors (Lipinski definition) is 5. The summed E-state index contributed by atoms with van der Waals surface area (Å²) >= 11 is 0. The molecule has 0 radical (unpaired) electrons. The molecule has 1 saturated heterocycles. The van der Waals surface area contributed by atoms with Gasteiger partial charge in [0.05, 0.1) is 25.4 Å². The predicted octanol–water partition coefficient (Wildman–Crippen LogP) is 4.86. The van der Waals surface area contributed by atoms with Gasteiger partial charge in [-0.25, -0.2) is 9.18 Å². The number of benzene rings is 2. The minimum atomic E-state index is -0.625. The Morgan fingerprint density at radius 3 is 2.85 bits per heavy atom. The van der Waals surface area contributed by atoms with Gasteiger partial charge in [0.25, 0.3) is 0 Å². The molecule has 1 fully saturated rings. The number of nitrogens with zero attached hydrogens (tertiary/aromatic N) is 1. The molecule has 0 saturated carbocycles. The summed E-state index contributed by atoms with van der Waals surface area (Å²) in [5.41, 5.74) is 3.47. The van der Waals surface area contributed by atoms with Crippen molar-refractivity contribution < 1.29 is 23.8 Å². The molecule has 6 heteroatoms. The van der Waals surface area contributed by atoms with Crippen molar-refractivity contribution in [1.29, 1.82) is 0 Å². The zero-order valence-corrected chi connectivity index (χ0v) is 20.4. The molecule has 0 aromatic heterocycles. The van der Waals surface area contributed by atoms with Gasteiger partial charge in [-0.1, -0.05) is 36.4 Å². The molecule has 0 unspecified atom stereocenters. The van der Waals surface area contributed by atoms with E-state index in [1.807, 2.05) is 43.3 Å². The molecule has 3 atom stereocenters. The van der Waals surface area contributed by atoms with Crippen molar-refractivity contribution in [3.05, 3.63) is 76.6 Å². The molecule has 1 aliphatic rings. The van der Waals surface area contributed by atoms with Crippen molar-refractivity contribution in [2.24, 2.45) is 0 Å². The Morgan fingerprint density at radius 2 is 2.09 bits per heavy atom. The Labute approximate surface area is 202 Å². The fourth-order valence-corrected chi connectivity index (χ4v) is 4.45. The third kappa shape index (κ3) is 7.49. The molecule has 1 N–H and O–H groups in total. The normalized spacial score (nSPS) is 18.3. The van der Waals surface area contributed by atoms with Crippen LogP contribution in [-0.4, -0.2) is 54.4 Å². The van der Waals surface area contributed by atoms with Crippen LogP contribution in [-0.2, 0) is 20.7 Å². The van der Waals surface area contributed by atoms with E-state index in [1.165, 1.54) is 6.08 Å². The van der Waals surface area contributed by atoms with Gasteiger partial charge in [0.1, 0.15) is 5.82 Å². The Kier molecular flexibility index (Phi) is 9.81. The van der Waals surface area contributed by atoms with Gasteiger partial charge in [0.15, 0.2) is 0 Å². The first-order valence-electron chi connectivity index (χ1n) is 12.1. The highest BCUT2D eigenvalue weighted by Gasteiger charge is 2.27. The zero-order chi connectivity index (χ0) is 24.5. The number of rotatable bonds is 11. The summed E-state index contributed by atoms with van der Waals surface area (Å²) in [7, 11) is 0. The van der Waals surface area contributed by atoms with Crippen molar-refractivity contribution >= 4 is 12.0 Å². The highest BCUT2D eigenvalue weighted by molar-refractivity contribution is 5.87. The van der Waals surface area contributed by atoms with Crippen molar-refractivity contribution in [3.63, 3.8) is 0 Å². The topological polar surface area (TPSA) is 59.0 Å². The average molecular weight is 470 g/mol. The summed E-state index contributed by atoms with van der Waals surface area (Å²) in [4.78, 5) is 13.9. The largest absolute Gasteiger partial charge is 0.463 e. The molecule has 3 rings (SSSR count). The average Bonchev–Trinajstić information content (AvgIpc) is 3.25. The molecule has 34 heavy (non-hydrogen) atoms. The van der Waals surface area contributed by atoms with Crippen LogP contribution < -0.4 is 0 Å². The molecule has 0 bridgehead atoms.